The summed E-state index contributed by atoms with van der Waals surface area (Å²) in [5.74, 6) is -14.5. The normalized spacial score (nSPS) is 19.7. The van der Waals surface area contributed by atoms with Crippen LogP contribution in [0.25, 0.3) is 10.9 Å². The molecule has 0 unspecified atom stereocenters. The molecular formula is C92H142N20O21. The number of carbonyl (C=O) groups excluding carboxylic acids is 16. The van der Waals surface area contributed by atoms with E-state index in [4.69, 9.17) is 32.1 Å². The summed E-state index contributed by atoms with van der Waals surface area (Å²) < 4.78 is 10.9. The van der Waals surface area contributed by atoms with Crippen molar-refractivity contribution >= 4 is 117 Å². The second-order valence-corrected chi connectivity index (χ2v) is 34.1. The number of allylic oxidation sites excluding steroid dienone is 1. The predicted molar refractivity (Wildman–Crippen MR) is 494 cm³/mol. The second kappa shape index (κ2) is 61.1. The van der Waals surface area contributed by atoms with Crippen molar-refractivity contribution in [2.75, 3.05) is 59.2 Å². The number of amides is 15. The summed E-state index contributed by atoms with van der Waals surface area (Å²) in [5, 5.41) is 75.0. The van der Waals surface area contributed by atoms with Gasteiger partial charge in [0.25, 0.3) is 0 Å². The summed E-state index contributed by atoms with van der Waals surface area (Å²) in [6.07, 6.45) is 16.5. The molecule has 0 spiro atoms. The average molecular weight is 1860 g/mol. The van der Waals surface area contributed by atoms with Crippen LogP contribution in [0.1, 0.15) is 231 Å². The third-order valence-corrected chi connectivity index (χ3v) is 23.1. The molecule has 2 saturated heterocycles. The molecule has 3 aromatic rings. The fraction of sp³-hybridized carbons (Fsp3) is 0.630. The van der Waals surface area contributed by atoms with Gasteiger partial charge in [-0.2, -0.15) is 0 Å². The molecule has 133 heavy (non-hydrogen) atoms. The summed E-state index contributed by atoms with van der Waals surface area (Å²) in [6, 6.07) is -1.95. The first-order valence-electron chi connectivity index (χ1n) is 46.8. The molecule has 0 aliphatic carbocycles. The highest BCUT2D eigenvalue weighted by molar-refractivity contribution is 6.01. The van der Waals surface area contributed by atoms with Gasteiger partial charge in [0.05, 0.1) is 45.2 Å². The van der Waals surface area contributed by atoms with Crippen molar-refractivity contribution in [3.63, 3.8) is 0 Å². The van der Waals surface area contributed by atoms with E-state index in [1.165, 1.54) is 70.4 Å². The first kappa shape index (κ1) is 110. The van der Waals surface area contributed by atoms with E-state index in [1.54, 1.807) is 61.7 Å². The number of para-hydroxylation sites is 1. The number of ketones is 1. The van der Waals surface area contributed by atoms with Crippen molar-refractivity contribution in [1.29, 1.82) is 5.41 Å². The maximum absolute atomic E-state index is 15.4. The smallest absolute Gasteiger partial charge is 0.246 e. The largest absolute Gasteiger partial charge is 0.394 e. The van der Waals surface area contributed by atoms with Gasteiger partial charge in [0, 0.05) is 106 Å². The zero-order valence-corrected chi connectivity index (χ0v) is 76.9. The van der Waals surface area contributed by atoms with Gasteiger partial charge in [-0.3, -0.25) is 87.1 Å². The maximum Gasteiger partial charge on any atom is 0.246 e. The number of aliphatic hydroxyl groups excluding tert-OH is 3. The molecule has 24 N–H and O–H groups in total. The lowest BCUT2D eigenvalue weighted by Gasteiger charge is -2.31. The molecule has 0 saturated carbocycles. The van der Waals surface area contributed by atoms with Crippen LogP contribution in [0.5, 0.6) is 0 Å². The van der Waals surface area contributed by atoms with Gasteiger partial charge in [0.2, 0.25) is 88.6 Å². The number of guanidine groups is 1. The fourth-order valence-electron chi connectivity index (χ4n) is 15.6. The average Bonchev–Trinajstić information content (AvgIpc) is 1.70. The SMILES string of the molecule is CCCCCCCCCCCCCCCC(=O)NCCOCCOCC(=O)NCC(=O)N[C@H](C(=O)N[C@@H](CCC(N)=O)C(=O)N[C@@H](CC1=CCC=N1)C(=O)N[C@@H](CO)C(=O)N[C@@H](CCCC)C(=O)N[C@H]1CCC(=O)CCCCC[C@@H](C(N)=O)NC(=O)[C@H](Cc2c[nH]c3ccccc23)NC(=O)[C@H](CCCNC(=N)N)NC(=O)[C@@H](Cc2ccccc2)NC(=O)[C@@H]2C[C@@H](O)CN2C1=O)[C@@H](C)O. The van der Waals surface area contributed by atoms with Crippen molar-refractivity contribution in [1.82, 2.24) is 79.0 Å². The van der Waals surface area contributed by atoms with E-state index in [-0.39, 0.29) is 121 Å². The number of rotatable bonds is 54. The Morgan fingerprint density at radius 2 is 1.20 bits per heavy atom. The van der Waals surface area contributed by atoms with Crippen LogP contribution in [0.2, 0.25) is 0 Å². The van der Waals surface area contributed by atoms with Crippen LogP contribution in [-0.4, -0.2) is 270 Å². The number of aromatic nitrogens is 1. The van der Waals surface area contributed by atoms with Crippen LogP contribution in [0, 0.1) is 5.41 Å². The van der Waals surface area contributed by atoms with Crippen molar-refractivity contribution in [3.8, 4) is 0 Å². The number of primary amides is 2. The molecule has 0 radical (unpaired) electrons. The zero-order chi connectivity index (χ0) is 97.0. The third-order valence-electron chi connectivity index (χ3n) is 23.1. The Kier molecular flexibility index (Phi) is 50.5. The number of unbranched alkanes of at least 4 members (excludes halogenated alkanes) is 13. The van der Waals surface area contributed by atoms with E-state index >= 15 is 14.4 Å². The molecule has 1 aromatic heterocycles. The monoisotopic (exact) mass is 1860 g/mol. The molecule has 41 nitrogen and oxygen atoms in total. The summed E-state index contributed by atoms with van der Waals surface area (Å²) in [4.78, 5) is 233. The highest BCUT2D eigenvalue weighted by Crippen LogP contribution is 2.25. The highest BCUT2D eigenvalue weighted by Gasteiger charge is 2.44. The van der Waals surface area contributed by atoms with Crippen LogP contribution < -0.4 is 86.3 Å². The lowest BCUT2D eigenvalue weighted by Crippen LogP contribution is -2.61. The Hall–Kier alpha value is -11.8. The summed E-state index contributed by atoms with van der Waals surface area (Å²) in [5.41, 5.74) is 19.1. The standard InChI is InChI=1S/C92H142N20O21/c1-4-6-8-9-10-11-12-13-14-15-16-17-24-38-77(118)98-45-46-132-47-48-133-57-79(120)101-54-78(119)111-80(58(3)114)90(130)105-69(41-42-76(93)117)84(124)108-73(51-61-31-27-43-97-61)87(127)110-74(56-113)88(128)104-67(34-7-5-2)82(122)106-70-40-39-62(115)32-22-19-23-36-66(81(94)121)102-86(126)72(50-60-53-100-65-35-26-25-33-64(60)65)107-83(123)68(37-28-44-99-92(95)96)103-85(125)71(49-59-29-20-18-21-30-59)109-89(129)75-52-63(116)55-112(75)91(70)131/h18,20-21,25-26,29-31,33,35,43,53,58,63,66-75,80,100,113-114,116H,4-17,19,22-24,27-28,32,34,36-42,44-52,54-57H2,1-3H3,(H2,93,117)(H2,94,121)(H,98,118)(H,101,120)(H,102,126)(H,103,125)(H,104,128)(H,105,130)(H,106,122)(H,107,123)(H,108,124)(H,109,129)(H,110,127)(H,111,119)(H4,95,96,99)/t58-,63-,66+,67+,68+,69+,70+,71-,72+,73+,74+,75+,80+/m1/s1. The number of Topliss-reactive ketones (excluding diaryl/α,β-unsaturated/α-hetero) is 1. The molecule has 13 atom stereocenters. The number of H-pyrrole nitrogens is 1. The van der Waals surface area contributed by atoms with Crippen molar-refractivity contribution < 1.29 is 102 Å². The van der Waals surface area contributed by atoms with Crippen LogP contribution in [-0.2, 0) is 99.0 Å². The molecular weight excluding hydrogens is 1720 g/mol. The molecule has 4 heterocycles. The number of benzene rings is 2. The van der Waals surface area contributed by atoms with Crippen LogP contribution in [0.15, 0.2) is 77.6 Å². The summed E-state index contributed by atoms with van der Waals surface area (Å²) >= 11 is 0. The van der Waals surface area contributed by atoms with E-state index in [0.717, 1.165) is 42.0 Å². The molecule has 736 valence electrons. The Morgan fingerprint density at radius 3 is 1.86 bits per heavy atom. The number of hydrogen-bond donors (Lipinski definition) is 21. The van der Waals surface area contributed by atoms with Crippen molar-refractivity contribution in [2.45, 2.75) is 311 Å². The predicted octanol–water partition coefficient (Wildman–Crippen LogP) is 0.149. The number of fused-ring (bicyclic) bond motifs is 2. The van der Waals surface area contributed by atoms with E-state index in [1.807, 2.05) is 12.1 Å². The van der Waals surface area contributed by atoms with Gasteiger partial charge in [-0.05, 0) is 75.5 Å². The molecule has 2 fully saturated rings. The Labute approximate surface area is 776 Å². The van der Waals surface area contributed by atoms with Gasteiger partial charge in [0.15, 0.2) is 5.96 Å². The molecule has 3 aliphatic heterocycles. The maximum atomic E-state index is 15.4. The Bertz CT molecular complexity index is 4360. The van der Waals surface area contributed by atoms with Gasteiger partial charge in [-0.25, -0.2) is 0 Å². The van der Waals surface area contributed by atoms with Gasteiger partial charge >= 0.3 is 0 Å². The van der Waals surface area contributed by atoms with Gasteiger partial charge in [-0.15, -0.1) is 0 Å². The minimum absolute atomic E-state index is 0.00265. The Balaban J connectivity index is 1.12. The van der Waals surface area contributed by atoms with E-state index < -0.39 is 219 Å². The van der Waals surface area contributed by atoms with Crippen LogP contribution in [0.3, 0.4) is 0 Å². The van der Waals surface area contributed by atoms with Gasteiger partial charge in [0.1, 0.15) is 78.9 Å². The number of carbonyl (C=O) groups is 16. The quantitative estimate of drug-likeness (QED) is 0.0203. The number of nitrogens with two attached hydrogens (primary N) is 3. The van der Waals surface area contributed by atoms with E-state index in [9.17, 15) is 77.6 Å². The van der Waals surface area contributed by atoms with E-state index in [0.29, 0.717) is 43.4 Å². The van der Waals surface area contributed by atoms with Gasteiger partial charge in [-0.1, -0.05) is 171 Å². The van der Waals surface area contributed by atoms with Crippen LogP contribution >= 0.6 is 0 Å². The van der Waals surface area contributed by atoms with Gasteiger partial charge < -0.3 is 121 Å². The first-order valence-corrected chi connectivity index (χ1v) is 46.8. The van der Waals surface area contributed by atoms with Crippen LogP contribution in [0.4, 0.5) is 0 Å². The Morgan fingerprint density at radius 1 is 0.586 bits per heavy atom. The summed E-state index contributed by atoms with van der Waals surface area (Å²) in [7, 11) is 0. The number of aromatic amines is 1. The summed E-state index contributed by atoms with van der Waals surface area (Å²) in [6.45, 7) is 2.94. The zero-order valence-electron chi connectivity index (χ0n) is 76.9. The number of nitrogens with one attached hydrogen (secondary N) is 15. The molecule has 15 amide bonds. The highest BCUT2D eigenvalue weighted by atomic mass is 16.5. The number of aliphatic imine (C=N–C) groups is 1. The molecule has 6 rings (SSSR count). The molecule has 2 aromatic carbocycles. The molecule has 0 bridgehead atoms. The fourth-order valence-corrected chi connectivity index (χ4v) is 15.6. The van der Waals surface area contributed by atoms with Crippen molar-refractivity contribution in [2.24, 2.45) is 22.2 Å². The second-order valence-electron chi connectivity index (χ2n) is 34.1. The number of nitrogens with zero attached hydrogens (tertiary/aromatic N) is 2. The number of aliphatic hydroxyl groups is 3. The third kappa shape index (κ3) is 41.5. The topological polar surface area (TPSA) is 642 Å². The van der Waals surface area contributed by atoms with Crippen molar-refractivity contribution in [3.05, 3.63) is 83.7 Å². The van der Waals surface area contributed by atoms with E-state index in [2.05, 4.69) is 86.0 Å². The lowest BCUT2D eigenvalue weighted by molar-refractivity contribution is -0.143. The molecule has 3 aliphatic rings. The number of ether oxygens (including phenoxy) is 2. The molecule has 41 heteroatoms. The minimum atomic E-state index is -1.90. The number of hydrogen-bond acceptors (Lipinski definition) is 23. The minimum Gasteiger partial charge on any atom is -0.394 e. The lowest BCUT2D eigenvalue weighted by atomic mass is 10.00. The first-order chi connectivity index (χ1) is 63.9.